The van der Waals surface area contributed by atoms with Crippen LogP contribution in [0.3, 0.4) is 0 Å². The maximum Gasteiger partial charge on any atom is 0.461 e. The van der Waals surface area contributed by atoms with Gasteiger partial charge in [-0.3, -0.25) is 0 Å². The van der Waals surface area contributed by atoms with Gasteiger partial charge in [0.05, 0.1) is 6.54 Å². The molecule has 11 heteroatoms. The van der Waals surface area contributed by atoms with E-state index in [0.29, 0.717) is 10.2 Å². The second-order valence-electron chi connectivity index (χ2n) is 6.03. The molecule has 0 bridgehead atoms. The molecule has 0 aliphatic carbocycles. The largest absolute Gasteiger partial charge is 0.461 e. The lowest BCUT2D eigenvalue weighted by Gasteiger charge is -2.28. The van der Waals surface area contributed by atoms with Crippen LogP contribution in [0.2, 0.25) is 0 Å². The van der Waals surface area contributed by atoms with E-state index >= 15 is 0 Å². The minimum Gasteiger partial charge on any atom is -0.428 e. The van der Waals surface area contributed by atoms with Crippen molar-refractivity contribution in [2.24, 2.45) is 0 Å². The number of halogens is 8. The highest BCUT2D eigenvalue weighted by molar-refractivity contribution is 9.10. The van der Waals surface area contributed by atoms with Crippen LogP contribution in [-0.2, 0) is 6.54 Å². The van der Waals surface area contributed by atoms with Crippen LogP contribution < -0.4 is 9.64 Å². The van der Waals surface area contributed by atoms with E-state index < -0.39 is 37.1 Å². The van der Waals surface area contributed by atoms with Crippen molar-refractivity contribution in [1.29, 1.82) is 0 Å². The van der Waals surface area contributed by atoms with Gasteiger partial charge >= 0.3 is 18.7 Å². The van der Waals surface area contributed by atoms with E-state index in [1.54, 1.807) is 12.1 Å². The third-order valence-electron chi connectivity index (χ3n) is 3.72. The standard InChI is InChI=1S/C18H15BrF7NO2/c19-12-4-2-5-13(8-12)27(10-15(28)17(22,23)24)9-11-3-1-6-14(7-11)29-18(25,26)16(20)21/h1-8,15-16,28H,9-10H2. The molecule has 0 aliphatic heterocycles. The van der Waals surface area contributed by atoms with Crippen molar-refractivity contribution in [3.8, 4) is 5.75 Å². The molecule has 2 aromatic rings. The summed E-state index contributed by atoms with van der Waals surface area (Å²) in [4.78, 5) is 1.17. The van der Waals surface area contributed by atoms with Gasteiger partial charge in [0, 0.05) is 16.7 Å². The van der Waals surface area contributed by atoms with Crippen molar-refractivity contribution < 1.29 is 40.6 Å². The molecule has 2 aromatic carbocycles. The number of nitrogens with zero attached hydrogens (tertiary/aromatic N) is 1. The number of benzene rings is 2. The summed E-state index contributed by atoms with van der Waals surface area (Å²) in [6.07, 6.45) is -16.3. The highest BCUT2D eigenvalue weighted by Crippen LogP contribution is 2.30. The SMILES string of the molecule is OC(CN(Cc1cccc(OC(F)(F)C(F)F)c1)c1cccc(Br)c1)C(F)(F)F. The lowest BCUT2D eigenvalue weighted by molar-refractivity contribution is -0.253. The van der Waals surface area contributed by atoms with Crippen molar-refractivity contribution in [3.05, 3.63) is 58.6 Å². The normalized spacial score (nSPS) is 13.4. The number of aliphatic hydroxyl groups excluding tert-OH is 1. The molecule has 3 nitrogen and oxygen atoms in total. The summed E-state index contributed by atoms with van der Waals surface area (Å²) in [6.45, 7) is -1.07. The Labute approximate surface area is 169 Å². The van der Waals surface area contributed by atoms with Gasteiger partial charge in [0.2, 0.25) is 0 Å². The van der Waals surface area contributed by atoms with Crippen molar-refractivity contribution in [3.63, 3.8) is 0 Å². The molecule has 0 spiro atoms. The Morgan fingerprint density at radius 1 is 1.00 bits per heavy atom. The Balaban J connectivity index is 2.28. The average molecular weight is 490 g/mol. The zero-order chi connectivity index (χ0) is 21.8. The van der Waals surface area contributed by atoms with Gasteiger partial charge in [0.1, 0.15) is 5.75 Å². The fraction of sp³-hybridized carbons (Fsp3) is 0.333. The number of aliphatic hydroxyl groups is 1. The van der Waals surface area contributed by atoms with E-state index in [9.17, 15) is 35.8 Å². The van der Waals surface area contributed by atoms with E-state index in [4.69, 9.17) is 0 Å². The predicted molar refractivity (Wildman–Crippen MR) is 95.3 cm³/mol. The lowest BCUT2D eigenvalue weighted by atomic mass is 10.1. The number of alkyl halides is 7. The van der Waals surface area contributed by atoms with Gasteiger partial charge in [-0.2, -0.15) is 30.7 Å². The first kappa shape index (κ1) is 23.3. The molecule has 1 atom stereocenters. The number of hydrogen-bond donors (Lipinski definition) is 1. The summed E-state index contributed by atoms with van der Waals surface area (Å²) < 4.78 is 93.8. The Morgan fingerprint density at radius 3 is 2.24 bits per heavy atom. The van der Waals surface area contributed by atoms with Crippen molar-refractivity contribution in [1.82, 2.24) is 0 Å². The van der Waals surface area contributed by atoms with Crippen LogP contribution >= 0.6 is 15.9 Å². The summed E-state index contributed by atoms with van der Waals surface area (Å²) in [5.41, 5.74) is 0.522. The molecule has 160 valence electrons. The quantitative estimate of drug-likeness (QED) is 0.489. The van der Waals surface area contributed by atoms with E-state index in [1.165, 1.54) is 29.2 Å². The van der Waals surface area contributed by atoms with E-state index in [0.717, 1.165) is 12.1 Å². The van der Waals surface area contributed by atoms with Crippen LogP contribution in [0, 0.1) is 0 Å². The van der Waals surface area contributed by atoms with Gasteiger partial charge in [-0.15, -0.1) is 0 Å². The molecule has 0 radical (unpaired) electrons. The molecular weight excluding hydrogens is 475 g/mol. The maximum absolute atomic E-state index is 13.1. The monoisotopic (exact) mass is 489 g/mol. The predicted octanol–water partition coefficient (Wildman–Crippen LogP) is 5.62. The van der Waals surface area contributed by atoms with Gasteiger partial charge in [-0.05, 0) is 35.9 Å². The van der Waals surface area contributed by atoms with E-state index in [-0.39, 0.29) is 12.1 Å². The number of anilines is 1. The van der Waals surface area contributed by atoms with Gasteiger partial charge in [0.25, 0.3) is 0 Å². The van der Waals surface area contributed by atoms with E-state index in [1.807, 2.05) is 0 Å². The topological polar surface area (TPSA) is 32.7 Å². The minimum atomic E-state index is -4.87. The number of hydrogen-bond acceptors (Lipinski definition) is 3. The van der Waals surface area contributed by atoms with Crippen molar-refractivity contribution in [2.45, 2.75) is 31.4 Å². The van der Waals surface area contributed by atoms with Crippen LogP contribution in [-0.4, -0.2) is 36.5 Å². The first-order valence-electron chi connectivity index (χ1n) is 8.07. The van der Waals surface area contributed by atoms with Crippen molar-refractivity contribution in [2.75, 3.05) is 11.4 Å². The van der Waals surface area contributed by atoms with Gasteiger partial charge in [-0.1, -0.05) is 34.1 Å². The second-order valence-corrected chi connectivity index (χ2v) is 6.95. The number of ether oxygens (including phenoxy) is 1. The molecule has 29 heavy (non-hydrogen) atoms. The smallest absolute Gasteiger partial charge is 0.428 e. The molecule has 0 saturated carbocycles. The minimum absolute atomic E-state index is 0.210. The Kier molecular flexibility index (Phi) is 7.39. The zero-order valence-corrected chi connectivity index (χ0v) is 16.1. The highest BCUT2D eigenvalue weighted by atomic mass is 79.9. The molecule has 2 rings (SSSR count). The fourth-order valence-electron chi connectivity index (χ4n) is 2.38. The van der Waals surface area contributed by atoms with E-state index in [2.05, 4.69) is 20.7 Å². The molecule has 0 heterocycles. The summed E-state index contributed by atoms with van der Waals surface area (Å²) in [5.74, 6) is -0.571. The molecule has 0 fully saturated rings. The lowest BCUT2D eigenvalue weighted by Crippen LogP contribution is -2.40. The first-order valence-corrected chi connectivity index (χ1v) is 8.87. The molecule has 0 aromatic heterocycles. The Bertz CT molecular complexity index is 817. The van der Waals surface area contributed by atoms with Crippen LogP contribution in [0.4, 0.5) is 36.4 Å². The van der Waals surface area contributed by atoms with Gasteiger partial charge < -0.3 is 14.7 Å². The molecule has 1 N–H and O–H groups in total. The van der Waals surface area contributed by atoms with Crippen LogP contribution in [0.15, 0.2) is 53.0 Å². The first-order chi connectivity index (χ1) is 13.4. The van der Waals surface area contributed by atoms with Crippen LogP contribution in [0.25, 0.3) is 0 Å². The second kappa shape index (κ2) is 9.21. The molecule has 0 amide bonds. The molecule has 1 unspecified atom stereocenters. The third-order valence-corrected chi connectivity index (χ3v) is 4.22. The maximum atomic E-state index is 13.1. The third kappa shape index (κ3) is 6.77. The summed E-state index contributed by atoms with van der Waals surface area (Å²) >= 11 is 3.19. The fourth-order valence-corrected chi connectivity index (χ4v) is 2.76. The number of rotatable bonds is 8. The summed E-state index contributed by atoms with van der Waals surface area (Å²) in [7, 11) is 0. The van der Waals surface area contributed by atoms with Crippen LogP contribution in [0.5, 0.6) is 5.75 Å². The van der Waals surface area contributed by atoms with Gasteiger partial charge in [-0.25, -0.2) is 0 Å². The Hall–Kier alpha value is -2.01. The summed E-state index contributed by atoms with van der Waals surface area (Å²) in [5, 5.41) is 9.45. The molecule has 0 aliphatic rings. The molecule has 0 saturated heterocycles. The Morgan fingerprint density at radius 2 is 1.66 bits per heavy atom. The van der Waals surface area contributed by atoms with Crippen molar-refractivity contribution >= 4 is 21.6 Å². The highest BCUT2D eigenvalue weighted by Gasteiger charge is 2.44. The average Bonchev–Trinajstić information content (AvgIpc) is 2.60. The van der Waals surface area contributed by atoms with Gasteiger partial charge in [0.15, 0.2) is 6.10 Å². The molecular formula is C18H15BrF7NO2. The van der Waals surface area contributed by atoms with Crippen LogP contribution in [0.1, 0.15) is 5.56 Å². The summed E-state index contributed by atoms with van der Waals surface area (Å²) in [6, 6.07) is 10.9. The zero-order valence-electron chi connectivity index (χ0n) is 14.5.